The Labute approximate surface area is 186 Å². The number of carbonyl (C=O) groups is 1. The van der Waals surface area contributed by atoms with Crippen LogP contribution in [0.15, 0.2) is 77.6 Å². The summed E-state index contributed by atoms with van der Waals surface area (Å²) in [6, 6.07) is 17.6. The lowest BCUT2D eigenvalue weighted by Crippen LogP contribution is -2.31. The van der Waals surface area contributed by atoms with Gasteiger partial charge in [-0.25, -0.2) is 0 Å². The van der Waals surface area contributed by atoms with Crippen molar-refractivity contribution in [3.63, 3.8) is 0 Å². The van der Waals surface area contributed by atoms with Gasteiger partial charge in [-0.3, -0.25) is 9.59 Å². The largest absolute Gasteiger partial charge is 0.416 e. The second-order valence-electron chi connectivity index (χ2n) is 7.55. The van der Waals surface area contributed by atoms with Gasteiger partial charge >= 0.3 is 6.18 Å². The van der Waals surface area contributed by atoms with Gasteiger partial charge in [0, 0.05) is 17.1 Å². The summed E-state index contributed by atoms with van der Waals surface area (Å²) in [4.78, 5) is 25.3. The first-order chi connectivity index (χ1) is 15.6. The van der Waals surface area contributed by atoms with E-state index in [1.54, 1.807) is 12.1 Å². The minimum Gasteiger partial charge on any atom is -0.399 e. The van der Waals surface area contributed by atoms with E-state index in [0.717, 1.165) is 27.6 Å². The van der Waals surface area contributed by atoms with Crippen molar-refractivity contribution in [2.45, 2.75) is 19.1 Å². The van der Waals surface area contributed by atoms with Crippen LogP contribution in [0.5, 0.6) is 0 Å². The zero-order chi connectivity index (χ0) is 23.8. The number of halogens is 3. The molecule has 1 amide bonds. The molecule has 33 heavy (non-hydrogen) atoms. The zero-order valence-electron chi connectivity index (χ0n) is 17.4. The van der Waals surface area contributed by atoms with Crippen LogP contribution in [0, 0.1) is 0 Å². The lowest BCUT2D eigenvalue weighted by atomic mass is 10.0. The summed E-state index contributed by atoms with van der Waals surface area (Å²) in [5.41, 5.74) is 4.86. The first-order valence-corrected chi connectivity index (χ1v) is 10.0. The molecule has 0 saturated carbocycles. The lowest BCUT2D eigenvalue weighted by molar-refractivity contribution is -0.137. The molecule has 4 rings (SSSR count). The molecule has 3 N–H and O–H groups in total. The summed E-state index contributed by atoms with van der Waals surface area (Å²) in [6.45, 7) is 1.54. The van der Waals surface area contributed by atoms with Crippen LogP contribution in [0.3, 0.4) is 0 Å². The van der Waals surface area contributed by atoms with Gasteiger partial charge in [-0.1, -0.05) is 36.4 Å². The molecule has 4 aromatic rings. The number of rotatable bonds is 4. The molecule has 0 spiro atoms. The van der Waals surface area contributed by atoms with Gasteiger partial charge in [0.2, 0.25) is 0 Å². The Kier molecular flexibility index (Phi) is 5.63. The Hall–Kier alpha value is -4.14. The number of amides is 1. The van der Waals surface area contributed by atoms with Crippen molar-refractivity contribution in [1.82, 2.24) is 15.1 Å². The van der Waals surface area contributed by atoms with Gasteiger partial charge in [-0.15, -0.1) is 0 Å². The molecule has 3 aromatic carbocycles. The van der Waals surface area contributed by atoms with Gasteiger partial charge in [0.15, 0.2) is 0 Å². The highest BCUT2D eigenvalue weighted by atomic mass is 19.4. The van der Waals surface area contributed by atoms with Gasteiger partial charge in [-0.2, -0.15) is 23.0 Å². The first kappa shape index (κ1) is 22.1. The van der Waals surface area contributed by atoms with Gasteiger partial charge in [0.1, 0.15) is 5.69 Å². The maximum atomic E-state index is 13.1. The minimum absolute atomic E-state index is 0.0608. The molecule has 0 unspecified atom stereocenters. The fourth-order valence-electron chi connectivity index (χ4n) is 3.54. The molecule has 168 valence electrons. The molecule has 9 heteroatoms. The number of carbonyl (C=O) groups excluding carboxylic acids is 1. The number of fused-ring (bicyclic) bond motifs is 1. The van der Waals surface area contributed by atoms with Crippen molar-refractivity contribution in [2.75, 3.05) is 5.73 Å². The van der Waals surface area contributed by atoms with Crippen molar-refractivity contribution in [2.24, 2.45) is 0 Å². The smallest absolute Gasteiger partial charge is 0.399 e. The van der Waals surface area contributed by atoms with Crippen LogP contribution in [0.2, 0.25) is 0 Å². The average Bonchev–Trinajstić information content (AvgIpc) is 2.78. The summed E-state index contributed by atoms with van der Waals surface area (Å²) >= 11 is 0. The van der Waals surface area contributed by atoms with Crippen molar-refractivity contribution in [3.05, 3.63) is 100.0 Å². The predicted octanol–water partition coefficient (Wildman–Crippen LogP) is 4.48. The van der Waals surface area contributed by atoms with Crippen molar-refractivity contribution in [1.29, 1.82) is 0 Å². The molecule has 0 fully saturated rings. The van der Waals surface area contributed by atoms with E-state index >= 15 is 0 Å². The zero-order valence-corrected chi connectivity index (χ0v) is 17.4. The van der Waals surface area contributed by atoms with Crippen LogP contribution in [-0.4, -0.2) is 15.7 Å². The molecular weight excluding hydrogens is 433 g/mol. The summed E-state index contributed by atoms with van der Waals surface area (Å²) in [6.07, 6.45) is -4.57. The fraction of sp³-hybridized carbons (Fsp3) is 0.125. The van der Waals surface area contributed by atoms with Gasteiger partial charge < -0.3 is 11.1 Å². The molecule has 0 radical (unpaired) electrons. The SMILES string of the molecule is C[C@@H](NC(=O)c1ccc(=O)n(-c2cccc3ccccc23)n1)c1cc(N)cc(C(F)(F)F)c1. The number of hydrogen-bond donors (Lipinski definition) is 2. The van der Waals surface area contributed by atoms with Crippen LogP contribution in [-0.2, 0) is 6.18 Å². The third-order valence-corrected chi connectivity index (χ3v) is 5.18. The van der Waals surface area contributed by atoms with Crippen LogP contribution >= 0.6 is 0 Å². The van der Waals surface area contributed by atoms with Crippen LogP contribution in [0.1, 0.15) is 34.6 Å². The van der Waals surface area contributed by atoms with Gasteiger partial charge in [0.25, 0.3) is 11.5 Å². The first-order valence-electron chi connectivity index (χ1n) is 10.0. The van der Waals surface area contributed by atoms with Crippen LogP contribution < -0.4 is 16.6 Å². The number of nitrogen functional groups attached to an aromatic ring is 1. The molecule has 0 aliphatic rings. The minimum atomic E-state index is -4.57. The Morgan fingerprint density at radius 3 is 2.52 bits per heavy atom. The molecule has 6 nitrogen and oxygen atoms in total. The van der Waals surface area contributed by atoms with E-state index in [0.29, 0.717) is 5.69 Å². The molecule has 0 aliphatic heterocycles. The van der Waals surface area contributed by atoms with E-state index in [1.807, 2.05) is 30.3 Å². The number of aromatic nitrogens is 2. The number of nitrogens with one attached hydrogen (secondary N) is 1. The molecule has 0 saturated heterocycles. The monoisotopic (exact) mass is 452 g/mol. The number of nitrogens with two attached hydrogens (primary N) is 1. The van der Waals surface area contributed by atoms with Crippen molar-refractivity contribution >= 4 is 22.4 Å². The van der Waals surface area contributed by atoms with Gasteiger partial charge in [0.05, 0.1) is 17.3 Å². The summed E-state index contributed by atoms with van der Waals surface area (Å²) in [5.74, 6) is -0.646. The maximum Gasteiger partial charge on any atom is 0.416 e. The quantitative estimate of drug-likeness (QED) is 0.447. The Balaban J connectivity index is 1.65. The molecule has 0 bridgehead atoms. The molecule has 1 aromatic heterocycles. The highest BCUT2D eigenvalue weighted by Gasteiger charge is 2.31. The Bertz CT molecular complexity index is 1410. The molecule has 1 atom stereocenters. The summed E-state index contributed by atoms with van der Waals surface area (Å²) in [7, 11) is 0. The normalized spacial score (nSPS) is 12.5. The third-order valence-electron chi connectivity index (χ3n) is 5.18. The number of nitrogens with zero attached hydrogens (tertiary/aromatic N) is 2. The van der Waals surface area contributed by atoms with E-state index < -0.39 is 29.2 Å². The van der Waals surface area contributed by atoms with E-state index in [2.05, 4.69) is 10.4 Å². The van der Waals surface area contributed by atoms with Crippen molar-refractivity contribution in [3.8, 4) is 5.69 Å². The summed E-state index contributed by atoms with van der Waals surface area (Å²) in [5, 5.41) is 8.49. The van der Waals surface area contributed by atoms with Crippen molar-refractivity contribution < 1.29 is 18.0 Å². The Morgan fingerprint density at radius 2 is 1.76 bits per heavy atom. The standard InChI is InChI=1S/C24H19F3N4O2/c1-14(16-11-17(24(25,26)27)13-18(28)12-16)29-23(33)20-9-10-22(32)31(30-20)21-8-4-6-15-5-2-3-7-19(15)21/h2-14H,28H2,1H3,(H,29,33)/t14-/m1/s1. The van der Waals surface area contributed by atoms with E-state index in [1.165, 1.54) is 25.1 Å². The fourth-order valence-corrected chi connectivity index (χ4v) is 3.54. The molecule has 1 heterocycles. The topological polar surface area (TPSA) is 90.0 Å². The summed E-state index contributed by atoms with van der Waals surface area (Å²) < 4.78 is 40.5. The third kappa shape index (κ3) is 4.57. The lowest BCUT2D eigenvalue weighted by Gasteiger charge is -2.17. The predicted molar refractivity (Wildman–Crippen MR) is 119 cm³/mol. The van der Waals surface area contributed by atoms with E-state index in [-0.39, 0.29) is 16.9 Å². The van der Waals surface area contributed by atoms with E-state index in [9.17, 15) is 22.8 Å². The van der Waals surface area contributed by atoms with Crippen LogP contribution in [0.25, 0.3) is 16.5 Å². The average molecular weight is 452 g/mol. The second kappa shape index (κ2) is 8.42. The molecular formula is C24H19F3N4O2. The van der Waals surface area contributed by atoms with E-state index in [4.69, 9.17) is 5.73 Å². The highest BCUT2D eigenvalue weighted by molar-refractivity contribution is 5.93. The number of benzene rings is 3. The maximum absolute atomic E-state index is 13.1. The van der Waals surface area contributed by atoms with Gasteiger partial charge in [-0.05, 0) is 48.2 Å². The number of anilines is 1. The number of alkyl halides is 3. The molecule has 0 aliphatic carbocycles. The highest BCUT2D eigenvalue weighted by Crippen LogP contribution is 2.32. The Morgan fingerprint density at radius 1 is 1.03 bits per heavy atom. The van der Waals surface area contributed by atoms with Crippen LogP contribution in [0.4, 0.5) is 18.9 Å². The second-order valence-corrected chi connectivity index (χ2v) is 7.55. The number of hydrogen-bond acceptors (Lipinski definition) is 4.